The smallest absolute Gasteiger partial charge is 0.258 e. The molecule has 3 aromatic carbocycles. The molecule has 0 unspecified atom stereocenters. The van der Waals surface area contributed by atoms with Gasteiger partial charge in [0.1, 0.15) is 0 Å². The maximum atomic E-state index is 12.8. The molecule has 4 rings (SSSR count). The van der Waals surface area contributed by atoms with Crippen LogP contribution in [0.15, 0.2) is 72.8 Å². The number of rotatable bonds is 4. The van der Waals surface area contributed by atoms with Crippen molar-refractivity contribution in [2.75, 3.05) is 16.4 Å². The zero-order valence-electron chi connectivity index (χ0n) is 14.7. The summed E-state index contributed by atoms with van der Waals surface area (Å²) < 4.78 is 0. The number of anilines is 3. The molecular formula is C22H20N4O. The molecule has 1 aliphatic heterocycles. The predicted molar refractivity (Wildman–Crippen MR) is 111 cm³/mol. The first-order valence-corrected chi connectivity index (χ1v) is 8.72. The van der Waals surface area contributed by atoms with Crippen LogP contribution in [0.5, 0.6) is 0 Å². The molecule has 0 spiro atoms. The van der Waals surface area contributed by atoms with Crippen molar-refractivity contribution in [1.82, 2.24) is 0 Å². The van der Waals surface area contributed by atoms with E-state index in [9.17, 15) is 4.79 Å². The fourth-order valence-corrected chi connectivity index (χ4v) is 3.19. The largest absolute Gasteiger partial charge is 0.399 e. The Hall–Kier alpha value is -3.57. The van der Waals surface area contributed by atoms with Crippen LogP contribution in [0.3, 0.4) is 0 Å². The average molecular weight is 356 g/mol. The van der Waals surface area contributed by atoms with Gasteiger partial charge in [0.2, 0.25) is 0 Å². The summed E-state index contributed by atoms with van der Waals surface area (Å²) in [7, 11) is 0. The highest BCUT2D eigenvalue weighted by Crippen LogP contribution is 2.38. The first-order chi connectivity index (χ1) is 13.2. The molecule has 0 fully saturated rings. The van der Waals surface area contributed by atoms with E-state index in [0.717, 1.165) is 33.8 Å². The molecule has 6 N–H and O–H groups in total. The minimum Gasteiger partial charge on any atom is -0.399 e. The Balaban J connectivity index is 1.87. The van der Waals surface area contributed by atoms with E-state index in [0.29, 0.717) is 17.8 Å². The van der Waals surface area contributed by atoms with Crippen LogP contribution in [0.1, 0.15) is 16.7 Å². The second-order valence-electron chi connectivity index (χ2n) is 6.40. The van der Waals surface area contributed by atoms with Gasteiger partial charge in [-0.2, -0.15) is 0 Å². The molecular weight excluding hydrogens is 336 g/mol. The topological polar surface area (TPSA) is 93.2 Å². The number of hydrogen-bond acceptors (Lipinski definition) is 4. The van der Waals surface area contributed by atoms with Crippen LogP contribution in [0.25, 0.3) is 11.3 Å². The Labute approximate surface area is 157 Å². The first-order valence-electron chi connectivity index (χ1n) is 8.72. The van der Waals surface area contributed by atoms with Gasteiger partial charge in [-0.3, -0.25) is 4.79 Å². The third-order valence-electron chi connectivity index (χ3n) is 4.56. The molecule has 27 heavy (non-hydrogen) atoms. The Kier molecular flexibility index (Phi) is 4.36. The molecule has 5 heteroatoms. The summed E-state index contributed by atoms with van der Waals surface area (Å²) in [6, 6.07) is 23.1. The van der Waals surface area contributed by atoms with Gasteiger partial charge in [0.25, 0.3) is 5.91 Å². The molecule has 0 saturated carbocycles. The van der Waals surface area contributed by atoms with Crippen molar-refractivity contribution < 1.29 is 4.79 Å². The third-order valence-corrected chi connectivity index (χ3v) is 4.56. The Morgan fingerprint density at radius 2 is 1.70 bits per heavy atom. The highest BCUT2D eigenvalue weighted by molar-refractivity contribution is 6.37. The summed E-state index contributed by atoms with van der Waals surface area (Å²) in [6.45, 7) is 0.488. The fraction of sp³-hybridized carbons (Fsp3) is 0.0455. The van der Waals surface area contributed by atoms with Crippen LogP contribution >= 0.6 is 0 Å². The minimum absolute atomic E-state index is 0.152. The zero-order valence-corrected chi connectivity index (χ0v) is 14.7. The van der Waals surface area contributed by atoms with E-state index in [1.807, 2.05) is 66.7 Å². The van der Waals surface area contributed by atoms with Crippen molar-refractivity contribution in [2.24, 2.45) is 5.73 Å². The number of amides is 1. The van der Waals surface area contributed by atoms with Crippen LogP contribution in [0.2, 0.25) is 0 Å². The molecule has 134 valence electrons. The maximum Gasteiger partial charge on any atom is 0.258 e. The highest BCUT2D eigenvalue weighted by Gasteiger charge is 2.28. The standard InChI is InChI=1S/C22H20N4O/c23-13-14-6-9-17(10-7-14)25-21(15-4-2-1-3-5-15)20-18-12-16(24)8-11-19(18)26-22(20)27/h1-12,25H,13,23-24H2,(H,26,27). The molecule has 0 bridgehead atoms. The van der Waals surface area contributed by atoms with E-state index in [2.05, 4.69) is 10.6 Å². The summed E-state index contributed by atoms with van der Waals surface area (Å²) >= 11 is 0. The van der Waals surface area contributed by atoms with Crippen molar-refractivity contribution in [1.29, 1.82) is 0 Å². The van der Waals surface area contributed by atoms with Gasteiger partial charge in [-0.25, -0.2) is 0 Å². The van der Waals surface area contributed by atoms with Gasteiger partial charge >= 0.3 is 0 Å². The lowest BCUT2D eigenvalue weighted by Crippen LogP contribution is -2.10. The predicted octanol–water partition coefficient (Wildman–Crippen LogP) is 3.66. The number of carbonyl (C=O) groups is 1. The van der Waals surface area contributed by atoms with Crippen LogP contribution < -0.4 is 22.1 Å². The second kappa shape index (κ2) is 6.97. The lowest BCUT2D eigenvalue weighted by atomic mass is 9.99. The normalized spacial score (nSPS) is 14.5. The highest BCUT2D eigenvalue weighted by atomic mass is 16.2. The summed E-state index contributed by atoms with van der Waals surface area (Å²) in [4.78, 5) is 12.8. The maximum absolute atomic E-state index is 12.8. The lowest BCUT2D eigenvalue weighted by Gasteiger charge is -2.15. The van der Waals surface area contributed by atoms with E-state index in [1.54, 1.807) is 6.07 Å². The number of nitrogens with two attached hydrogens (primary N) is 2. The van der Waals surface area contributed by atoms with Crippen LogP contribution in [-0.4, -0.2) is 5.91 Å². The Morgan fingerprint density at radius 3 is 2.41 bits per heavy atom. The van der Waals surface area contributed by atoms with Crippen molar-refractivity contribution >= 4 is 34.2 Å². The van der Waals surface area contributed by atoms with Gasteiger partial charge < -0.3 is 22.1 Å². The minimum atomic E-state index is -0.152. The molecule has 0 atom stereocenters. The lowest BCUT2D eigenvalue weighted by molar-refractivity contribution is -0.110. The molecule has 0 aliphatic carbocycles. The van der Waals surface area contributed by atoms with Gasteiger partial charge in [-0.1, -0.05) is 42.5 Å². The number of fused-ring (bicyclic) bond motifs is 1. The Bertz CT molecular complexity index is 1020. The summed E-state index contributed by atoms with van der Waals surface area (Å²) in [5.74, 6) is -0.152. The molecule has 1 amide bonds. The SMILES string of the molecule is NCc1ccc(NC(=C2C(=O)Nc3ccc(N)cc32)c2ccccc2)cc1. The van der Waals surface area contributed by atoms with Crippen molar-refractivity contribution in [3.63, 3.8) is 0 Å². The molecule has 0 radical (unpaired) electrons. The summed E-state index contributed by atoms with van der Waals surface area (Å²) in [5, 5.41) is 6.34. The van der Waals surface area contributed by atoms with Gasteiger partial charge in [0.15, 0.2) is 0 Å². The fourth-order valence-electron chi connectivity index (χ4n) is 3.19. The first kappa shape index (κ1) is 16.9. The van der Waals surface area contributed by atoms with Gasteiger partial charge in [0, 0.05) is 29.2 Å². The quantitative estimate of drug-likeness (QED) is 0.424. The summed E-state index contributed by atoms with van der Waals surface area (Å²) in [5.41, 5.74) is 18.0. The van der Waals surface area contributed by atoms with Crippen molar-refractivity contribution in [3.05, 3.63) is 89.5 Å². The molecule has 5 nitrogen and oxygen atoms in total. The molecule has 0 aromatic heterocycles. The number of carbonyl (C=O) groups excluding carboxylic acids is 1. The van der Waals surface area contributed by atoms with Crippen molar-refractivity contribution in [2.45, 2.75) is 6.54 Å². The van der Waals surface area contributed by atoms with E-state index < -0.39 is 0 Å². The van der Waals surface area contributed by atoms with E-state index in [-0.39, 0.29) is 5.91 Å². The van der Waals surface area contributed by atoms with Crippen LogP contribution in [-0.2, 0) is 11.3 Å². The average Bonchev–Trinajstić information content (AvgIpc) is 3.02. The number of benzene rings is 3. The zero-order chi connectivity index (χ0) is 18.8. The van der Waals surface area contributed by atoms with E-state index >= 15 is 0 Å². The molecule has 3 aromatic rings. The number of nitrogens with one attached hydrogen (secondary N) is 2. The van der Waals surface area contributed by atoms with Crippen molar-refractivity contribution in [3.8, 4) is 0 Å². The van der Waals surface area contributed by atoms with E-state index in [4.69, 9.17) is 11.5 Å². The van der Waals surface area contributed by atoms with Gasteiger partial charge in [-0.05, 0) is 41.5 Å². The monoisotopic (exact) mass is 356 g/mol. The molecule has 1 heterocycles. The Morgan fingerprint density at radius 1 is 0.963 bits per heavy atom. The summed E-state index contributed by atoms with van der Waals surface area (Å²) in [6.07, 6.45) is 0. The number of hydrogen-bond donors (Lipinski definition) is 4. The second-order valence-corrected chi connectivity index (χ2v) is 6.40. The number of nitrogen functional groups attached to an aromatic ring is 1. The van der Waals surface area contributed by atoms with Gasteiger partial charge in [-0.15, -0.1) is 0 Å². The van der Waals surface area contributed by atoms with Crippen LogP contribution in [0, 0.1) is 0 Å². The van der Waals surface area contributed by atoms with E-state index in [1.165, 1.54) is 0 Å². The third kappa shape index (κ3) is 3.28. The van der Waals surface area contributed by atoms with Gasteiger partial charge in [0.05, 0.1) is 11.3 Å². The molecule has 0 saturated heterocycles. The van der Waals surface area contributed by atoms with Crippen LogP contribution in [0.4, 0.5) is 17.1 Å². The molecule has 1 aliphatic rings.